The average molecular weight is 490 g/mol. The molecule has 4 aromatic rings. The number of rotatable bonds is 6. The van der Waals surface area contributed by atoms with Gasteiger partial charge in [-0.25, -0.2) is 9.78 Å². The molecule has 3 heterocycles. The summed E-state index contributed by atoms with van der Waals surface area (Å²) in [7, 11) is 0. The molecular weight excluding hydrogens is 466 g/mol. The van der Waals surface area contributed by atoms with Crippen molar-refractivity contribution in [1.29, 1.82) is 0 Å². The molecule has 3 aromatic carbocycles. The number of nitrogens with zero attached hydrogens (tertiary/aromatic N) is 4. The van der Waals surface area contributed by atoms with Crippen LogP contribution in [0.1, 0.15) is 28.2 Å². The number of aryl methyl sites for hydroxylation is 1. The highest BCUT2D eigenvalue weighted by Gasteiger charge is 2.29. The third-order valence-corrected chi connectivity index (χ3v) is 6.79. The Morgan fingerprint density at radius 3 is 2.51 bits per heavy atom. The lowest BCUT2D eigenvalue weighted by Gasteiger charge is -2.21. The molecule has 0 saturated heterocycles. The van der Waals surface area contributed by atoms with Crippen LogP contribution in [-0.2, 0) is 11.3 Å². The Labute approximate surface area is 211 Å². The first-order valence-electron chi connectivity index (χ1n) is 11.9. The van der Waals surface area contributed by atoms with Crippen molar-refractivity contribution in [3.8, 4) is 16.9 Å². The van der Waals surface area contributed by atoms with Gasteiger partial charge in [0.2, 0.25) is 0 Å². The molecule has 2 N–H and O–H groups in total. The van der Waals surface area contributed by atoms with E-state index in [0.29, 0.717) is 34.3 Å². The van der Waals surface area contributed by atoms with Crippen LogP contribution in [0.3, 0.4) is 0 Å². The summed E-state index contributed by atoms with van der Waals surface area (Å²) >= 11 is 0. The lowest BCUT2D eigenvalue weighted by molar-refractivity contribution is -0.137. The van der Waals surface area contributed by atoms with E-state index in [0.717, 1.165) is 22.3 Å². The molecule has 1 unspecified atom stereocenters. The highest BCUT2D eigenvalue weighted by Crippen LogP contribution is 2.37. The summed E-state index contributed by atoms with van der Waals surface area (Å²) in [5, 5.41) is 22.1. The zero-order valence-corrected chi connectivity index (χ0v) is 20.0. The zero-order valence-electron chi connectivity index (χ0n) is 20.0. The largest absolute Gasteiger partial charge is 0.481 e. The van der Waals surface area contributed by atoms with Crippen molar-refractivity contribution in [3.63, 3.8) is 0 Å². The number of carboxylic acids is 1. The van der Waals surface area contributed by atoms with E-state index in [4.69, 9.17) is 0 Å². The summed E-state index contributed by atoms with van der Waals surface area (Å²) in [5.41, 5.74) is 5.54. The van der Waals surface area contributed by atoms with Crippen molar-refractivity contribution in [2.75, 3.05) is 0 Å². The fourth-order valence-electron chi connectivity index (χ4n) is 5.01. The Hall–Kier alpha value is -4.98. The molecule has 8 nitrogen and oxygen atoms in total. The van der Waals surface area contributed by atoms with Gasteiger partial charge in [0.1, 0.15) is 11.6 Å². The van der Waals surface area contributed by atoms with E-state index in [-0.39, 0.29) is 5.56 Å². The lowest BCUT2D eigenvalue weighted by atomic mass is 9.85. The van der Waals surface area contributed by atoms with Gasteiger partial charge in [0, 0.05) is 30.5 Å². The number of nitrogens with one attached hydrogen (secondary N) is 1. The number of fused-ring (bicyclic) bond motifs is 3. The van der Waals surface area contributed by atoms with Crippen molar-refractivity contribution in [2.45, 2.75) is 19.4 Å². The number of aromatic amines is 1. The van der Waals surface area contributed by atoms with Gasteiger partial charge in [0.25, 0.3) is 5.56 Å². The Balaban J connectivity index is 1.53. The first-order valence-corrected chi connectivity index (χ1v) is 11.9. The molecule has 0 fully saturated rings. The van der Waals surface area contributed by atoms with Crippen molar-refractivity contribution in [3.05, 3.63) is 124 Å². The number of pyridine rings is 1. The number of hydrogen-bond acceptors (Lipinski definition) is 4. The molecule has 0 bridgehead atoms. The molecule has 0 saturated carbocycles. The van der Waals surface area contributed by atoms with Crippen molar-refractivity contribution in [2.24, 2.45) is 0 Å². The summed E-state index contributed by atoms with van der Waals surface area (Å²) in [4.78, 5) is 25.3. The topological polar surface area (TPSA) is 106 Å². The molecule has 37 heavy (non-hydrogen) atoms. The minimum Gasteiger partial charge on any atom is -0.481 e. The van der Waals surface area contributed by atoms with Gasteiger partial charge in [-0.05, 0) is 53.4 Å². The molecule has 0 radical (unpaired) electrons. The van der Waals surface area contributed by atoms with Gasteiger partial charge in [0.15, 0.2) is 0 Å². The maximum atomic E-state index is 12.7. The fourth-order valence-corrected chi connectivity index (χ4v) is 5.01. The Morgan fingerprint density at radius 1 is 1.00 bits per heavy atom. The van der Waals surface area contributed by atoms with Gasteiger partial charge in [-0.2, -0.15) is 10.2 Å². The lowest BCUT2D eigenvalue weighted by Crippen LogP contribution is -2.16. The second-order valence-corrected chi connectivity index (χ2v) is 9.06. The third kappa shape index (κ3) is 3.88. The highest BCUT2D eigenvalue weighted by atomic mass is 16.4. The Morgan fingerprint density at radius 2 is 1.78 bits per heavy atom. The fraction of sp³-hybridized carbons (Fsp3) is 0.103. The van der Waals surface area contributed by atoms with E-state index in [1.54, 1.807) is 17.1 Å². The predicted molar refractivity (Wildman–Crippen MR) is 140 cm³/mol. The first kappa shape index (κ1) is 22.5. The standard InChI is InChI=1S/C29H23N5O3/c1-18-6-2-3-7-21(18)25(29(36)37)22-8-4-9-24-26(22)27-23(28(35)32-31-27)17-33(24)16-19-10-12-20(13-11-19)34-15-5-14-30-34/h2-15,17,25H,16H2,1H3,(H,32,35)(H,36,37). The van der Waals surface area contributed by atoms with Crippen LogP contribution in [0.2, 0.25) is 0 Å². The smallest absolute Gasteiger partial charge is 0.315 e. The predicted octanol–water partition coefficient (Wildman–Crippen LogP) is 4.59. The number of hydrogen-bond donors (Lipinski definition) is 2. The minimum absolute atomic E-state index is 0.308. The van der Waals surface area contributed by atoms with Crippen molar-refractivity contribution in [1.82, 2.24) is 24.5 Å². The maximum Gasteiger partial charge on any atom is 0.315 e. The summed E-state index contributed by atoms with van der Waals surface area (Å²) in [5.74, 6) is -1.87. The summed E-state index contributed by atoms with van der Waals surface area (Å²) < 4.78 is 3.77. The van der Waals surface area contributed by atoms with Gasteiger partial charge in [-0.1, -0.05) is 48.5 Å². The molecule has 1 atom stereocenters. The Kier molecular flexibility index (Phi) is 5.41. The Bertz CT molecular complexity index is 1760. The molecule has 182 valence electrons. The number of benzene rings is 3. The van der Waals surface area contributed by atoms with Crippen LogP contribution in [0.5, 0.6) is 0 Å². The van der Waals surface area contributed by atoms with Crippen LogP contribution in [0.4, 0.5) is 0 Å². The van der Waals surface area contributed by atoms with Crippen LogP contribution in [0.25, 0.3) is 27.8 Å². The van der Waals surface area contributed by atoms with E-state index >= 15 is 0 Å². The van der Waals surface area contributed by atoms with Crippen LogP contribution in [0, 0.1) is 6.92 Å². The van der Waals surface area contributed by atoms with Crippen LogP contribution < -0.4 is 5.56 Å². The highest BCUT2D eigenvalue weighted by molar-refractivity contribution is 6.00. The van der Waals surface area contributed by atoms with E-state index in [1.807, 2.05) is 90.5 Å². The maximum absolute atomic E-state index is 12.7. The molecule has 0 aliphatic carbocycles. The normalized spacial score (nSPS) is 12.2. The summed E-state index contributed by atoms with van der Waals surface area (Å²) in [6.07, 6.45) is 5.41. The van der Waals surface area contributed by atoms with Crippen molar-refractivity contribution >= 4 is 16.9 Å². The minimum atomic E-state index is -0.961. The van der Waals surface area contributed by atoms with Crippen molar-refractivity contribution < 1.29 is 9.90 Å². The second kappa shape index (κ2) is 8.91. The molecule has 6 rings (SSSR count). The van der Waals surface area contributed by atoms with E-state index in [2.05, 4.69) is 15.3 Å². The zero-order chi connectivity index (χ0) is 25.5. The molecule has 2 aliphatic rings. The number of carbonyl (C=O) groups is 1. The van der Waals surface area contributed by atoms with Gasteiger partial charge in [0.05, 0.1) is 16.8 Å². The van der Waals surface area contributed by atoms with Crippen LogP contribution in [-0.4, -0.2) is 35.6 Å². The van der Waals surface area contributed by atoms with E-state index in [9.17, 15) is 14.7 Å². The van der Waals surface area contributed by atoms with Gasteiger partial charge >= 0.3 is 5.97 Å². The van der Waals surface area contributed by atoms with Gasteiger partial charge < -0.3 is 9.67 Å². The average Bonchev–Trinajstić information content (AvgIpc) is 3.56. The van der Waals surface area contributed by atoms with E-state index < -0.39 is 11.9 Å². The van der Waals surface area contributed by atoms with Crippen LogP contribution in [0.15, 0.2) is 96.2 Å². The summed E-state index contributed by atoms with van der Waals surface area (Å²) in [6, 6.07) is 23.0. The molecule has 8 heteroatoms. The van der Waals surface area contributed by atoms with E-state index in [1.165, 1.54) is 0 Å². The molecule has 0 spiro atoms. The monoisotopic (exact) mass is 489 g/mol. The third-order valence-electron chi connectivity index (χ3n) is 6.79. The SMILES string of the molecule is Cc1ccccc1C(C(=O)O)c1cccc2c1c1n[nH]c(=O)c-1cn2Cc1ccc(-n2cccn2)cc1. The number of carboxylic acid groups (broad SMARTS) is 1. The first-order chi connectivity index (χ1) is 18.0. The van der Waals surface area contributed by atoms with Gasteiger partial charge in [-0.15, -0.1) is 0 Å². The summed E-state index contributed by atoms with van der Waals surface area (Å²) in [6.45, 7) is 2.39. The van der Waals surface area contributed by atoms with Gasteiger partial charge in [-0.3, -0.25) is 9.59 Å². The molecule has 0 amide bonds. The quantitative estimate of drug-likeness (QED) is 0.356. The number of H-pyrrole nitrogens is 1. The molecule has 1 aromatic heterocycles. The second-order valence-electron chi connectivity index (χ2n) is 9.06. The van der Waals surface area contributed by atoms with Crippen LogP contribution >= 0.6 is 0 Å². The number of aromatic nitrogens is 5. The molecule has 2 aliphatic heterocycles. The number of aliphatic carboxylic acids is 1. The molecular formula is C29H23N5O3.